The van der Waals surface area contributed by atoms with Gasteiger partial charge in [0, 0.05) is 18.0 Å². The van der Waals surface area contributed by atoms with Crippen molar-refractivity contribution < 1.29 is 9.18 Å². The Labute approximate surface area is 113 Å². The van der Waals surface area contributed by atoms with Gasteiger partial charge in [0.25, 0.3) is 0 Å². The summed E-state index contributed by atoms with van der Waals surface area (Å²) in [7, 11) is 2.14. The number of halogens is 1. The molecule has 0 unspecified atom stereocenters. The molecule has 19 heavy (non-hydrogen) atoms. The number of fused-ring (bicyclic) bond motifs is 2. The third kappa shape index (κ3) is 2.10. The molecule has 0 spiro atoms. The highest BCUT2D eigenvalue weighted by Gasteiger charge is 2.47. The first-order valence-electron chi connectivity index (χ1n) is 7.06. The van der Waals surface area contributed by atoms with Gasteiger partial charge in [0.05, 0.1) is 0 Å². The Balaban J connectivity index is 1.95. The van der Waals surface area contributed by atoms with Gasteiger partial charge in [0.2, 0.25) is 0 Å². The van der Waals surface area contributed by atoms with Crippen LogP contribution in [0.4, 0.5) is 4.39 Å². The number of carbonyl (C=O) groups excluding carboxylic acids is 1. The van der Waals surface area contributed by atoms with Crippen molar-refractivity contribution in [3.05, 3.63) is 35.6 Å². The standard InChI is InChI=1S/C16H20FNO/c1-10(19)16-14(11-3-5-12(17)6-4-11)9-13-7-8-15(16)18(13)2/h3-6,13-16H,7-9H2,1-2H3/t13-,14+,15+,16-/m0/s1. The molecule has 2 aliphatic rings. The van der Waals surface area contributed by atoms with E-state index < -0.39 is 0 Å². The normalized spacial score (nSPS) is 34.5. The number of piperidine rings is 1. The van der Waals surface area contributed by atoms with Gasteiger partial charge in [-0.2, -0.15) is 0 Å². The number of Topliss-reactive ketones (excluding diaryl/α,β-unsaturated/α-hetero) is 1. The van der Waals surface area contributed by atoms with Crippen molar-refractivity contribution in [2.24, 2.45) is 5.92 Å². The maximum atomic E-state index is 13.1. The molecular formula is C16H20FNO. The second-order valence-corrected chi connectivity index (χ2v) is 5.99. The van der Waals surface area contributed by atoms with E-state index in [0.29, 0.717) is 12.1 Å². The summed E-state index contributed by atoms with van der Waals surface area (Å²) in [6.07, 6.45) is 3.31. The number of carbonyl (C=O) groups is 1. The van der Waals surface area contributed by atoms with Gasteiger partial charge in [0.15, 0.2) is 0 Å². The van der Waals surface area contributed by atoms with Gasteiger partial charge in [-0.3, -0.25) is 9.69 Å². The Morgan fingerprint density at radius 2 is 1.95 bits per heavy atom. The van der Waals surface area contributed by atoms with Gasteiger partial charge in [0.1, 0.15) is 11.6 Å². The topological polar surface area (TPSA) is 20.3 Å². The third-order valence-corrected chi connectivity index (χ3v) is 5.04. The fourth-order valence-electron chi connectivity index (χ4n) is 4.07. The number of hydrogen-bond acceptors (Lipinski definition) is 2. The maximum absolute atomic E-state index is 13.1. The first kappa shape index (κ1) is 12.8. The third-order valence-electron chi connectivity index (χ3n) is 5.04. The number of benzene rings is 1. The average molecular weight is 261 g/mol. The van der Waals surface area contributed by atoms with Crippen LogP contribution >= 0.6 is 0 Å². The van der Waals surface area contributed by atoms with Gasteiger partial charge < -0.3 is 0 Å². The monoisotopic (exact) mass is 261 g/mol. The first-order valence-corrected chi connectivity index (χ1v) is 7.06. The SMILES string of the molecule is CC(=O)[C@H]1[C@@H](c2ccc(F)cc2)C[C@@H]2CC[C@H]1N2C. The summed E-state index contributed by atoms with van der Waals surface area (Å²) in [4.78, 5) is 14.5. The van der Waals surface area contributed by atoms with E-state index in [9.17, 15) is 9.18 Å². The van der Waals surface area contributed by atoms with Crippen LogP contribution in [-0.4, -0.2) is 29.8 Å². The van der Waals surface area contributed by atoms with Crippen LogP contribution in [0.1, 0.15) is 37.7 Å². The van der Waals surface area contributed by atoms with Gasteiger partial charge in [-0.1, -0.05) is 12.1 Å². The lowest BCUT2D eigenvalue weighted by molar-refractivity contribution is -0.124. The molecule has 3 rings (SSSR count). The van der Waals surface area contributed by atoms with Gasteiger partial charge in [-0.25, -0.2) is 4.39 Å². The number of nitrogens with zero attached hydrogens (tertiary/aromatic N) is 1. The summed E-state index contributed by atoms with van der Waals surface area (Å²) < 4.78 is 13.1. The molecule has 0 aromatic heterocycles. The molecule has 2 nitrogen and oxygen atoms in total. The molecule has 3 heteroatoms. The summed E-state index contributed by atoms with van der Waals surface area (Å²) >= 11 is 0. The van der Waals surface area contributed by atoms with E-state index in [1.54, 1.807) is 6.92 Å². The van der Waals surface area contributed by atoms with Gasteiger partial charge in [-0.15, -0.1) is 0 Å². The zero-order valence-corrected chi connectivity index (χ0v) is 11.5. The number of hydrogen-bond donors (Lipinski definition) is 0. The van der Waals surface area contributed by atoms with Crippen LogP contribution in [0.25, 0.3) is 0 Å². The Bertz CT molecular complexity index is 484. The predicted molar refractivity (Wildman–Crippen MR) is 72.5 cm³/mol. The molecule has 1 aromatic rings. The molecule has 0 radical (unpaired) electrons. The lowest BCUT2D eigenvalue weighted by atomic mass is 9.74. The molecule has 2 bridgehead atoms. The van der Waals surface area contributed by atoms with Crippen molar-refractivity contribution in [2.75, 3.05) is 7.05 Å². The lowest BCUT2D eigenvalue weighted by Crippen LogP contribution is -2.48. The van der Waals surface area contributed by atoms with Gasteiger partial charge in [-0.05, 0) is 56.8 Å². The van der Waals surface area contributed by atoms with Gasteiger partial charge >= 0.3 is 0 Å². The Hall–Kier alpha value is -1.22. The van der Waals surface area contributed by atoms with Crippen molar-refractivity contribution >= 4 is 5.78 Å². The quantitative estimate of drug-likeness (QED) is 0.815. The van der Waals surface area contributed by atoms with Crippen molar-refractivity contribution in [3.63, 3.8) is 0 Å². The molecular weight excluding hydrogens is 241 g/mol. The van der Waals surface area contributed by atoms with E-state index in [0.717, 1.165) is 18.4 Å². The lowest BCUT2D eigenvalue weighted by Gasteiger charge is -2.42. The van der Waals surface area contributed by atoms with Crippen molar-refractivity contribution in [1.29, 1.82) is 0 Å². The van der Waals surface area contributed by atoms with Crippen LogP contribution in [-0.2, 0) is 4.79 Å². The zero-order chi connectivity index (χ0) is 13.6. The van der Waals surface area contributed by atoms with Crippen LogP contribution in [0.3, 0.4) is 0 Å². The molecule has 102 valence electrons. The van der Waals surface area contributed by atoms with Crippen LogP contribution in [0, 0.1) is 11.7 Å². The summed E-state index contributed by atoms with van der Waals surface area (Å²) in [6, 6.07) is 7.66. The van der Waals surface area contributed by atoms with E-state index in [2.05, 4.69) is 11.9 Å². The molecule has 2 fully saturated rings. The molecule has 2 saturated heterocycles. The summed E-state index contributed by atoms with van der Waals surface area (Å²) in [5.41, 5.74) is 1.12. The first-order chi connectivity index (χ1) is 9.08. The Kier molecular flexibility index (Phi) is 3.17. The molecule has 1 aromatic carbocycles. The molecule has 0 aliphatic carbocycles. The van der Waals surface area contributed by atoms with Crippen LogP contribution in [0.15, 0.2) is 24.3 Å². The summed E-state index contributed by atoms with van der Waals surface area (Å²) in [5.74, 6) is 0.381. The zero-order valence-electron chi connectivity index (χ0n) is 11.5. The minimum atomic E-state index is -0.209. The van der Waals surface area contributed by atoms with Crippen LogP contribution in [0.2, 0.25) is 0 Å². The second-order valence-electron chi connectivity index (χ2n) is 5.99. The highest BCUT2D eigenvalue weighted by Crippen LogP contribution is 2.46. The average Bonchev–Trinajstić information content (AvgIpc) is 2.63. The van der Waals surface area contributed by atoms with Crippen molar-refractivity contribution in [3.8, 4) is 0 Å². The molecule has 0 N–H and O–H groups in total. The molecule has 2 aliphatic heterocycles. The maximum Gasteiger partial charge on any atom is 0.135 e. The van der Waals surface area contributed by atoms with Crippen LogP contribution < -0.4 is 0 Å². The van der Waals surface area contributed by atoms with E-state index in [4.69, 9.17) is 0 Å². The van der Waals surface area contributed by atoms with E-state index in [-0.39, 0.29) is 23.4 Å². The number of ketones is 1. The largest absolute Gasteiger partial charge is 0.300 e. The summed E-state index contributed by atoms with van der Waals surface area (Å²) in [6.45, 7) is 1.70. The highest BCUT2D eigenvalue weighted by molar-refractivity contribution is 5.80. The second kappa shape index (κ2) is 4.71. The number of rotatable bonds is 2. The van der Waals surface area contributed by atoms with Crippen molar-refractivity contribution in [2.45, 2.75) is 44.2 Å². The van der Waals surface area contributed by atoms with E-state index >= 15 is 0 Å². The van der Waals surface area contributed by atoms with E-state index in [1.807, 2.05) is 12.1 Å². The van der Waals surface area contributed by atoms with Crippen LogP contribution in [0.5, 0.6) is 0 Å². The van der Waals surface area contributed by atoms with Crippen molar-refractivity contribution in [1.82, 2.24) is 4.90 Å². The molecule has 4 atom stereocenters. The highest BCUT2D eigenvalue weighted by atomic mass is 19.1. The predicted octanol–water partition coefficient (Wildman–Crippen LogP) is 2.98. The molecule has 2 heterocycles. The smallest absolute Gasteiger partial charge is 0.135 e. The minimum absolute atomic E-state index is 0.0641. The fraction of sp³-hybridized carbons (Fsp3) is 0.562. The molecule has 0 saturated carbocycles. The minimum Gasteiger partial charge on any atom is -0.300 e. The Morgan fingerprint density at radius 1 is 1.26 bits per heavy atom. The molecule has 0 amide bonds. The summed E-state index contributed by atoms with van der Waals surface area (Å²) in [5, 5.41) is 0. The fourth-order valence-corrected chi connectivity index (χ4v) is 4.07. The Morgan fingerprint density at radius 3 is 2.58 bits per heavy atom. The van der Waals surface area contributed by atoms with E-state index in [1.165, 1.54) is 18.6 Å².